The smallest absolute Gasteiger partial charge is 0.236 e. The van der Waals surface area contributed by atoms with Crippen LogP contribution in [0.4, 0.5) is 0 Å². The SMILES string of the molecule is CC(C)(C)[C@@H](NC(=O)CS(=O)(=O)c1ccccc1)c1cccs1. The molecule has 1 amide bonds. The van der Waals surface area contributed by atoms with Crippen molar-refractivity contribution in [1.82, 2.24) is 5.32 Å². The quantitative estimate of drug-likeness (QED) is 0.898. The predicted octanol–water partition coefficient (Wildman–Crippen LogP) is 3.43. The number of nitrogens with one attached hydrogen (secondary N) is 1. The average Bonchev–Trinajstić information content (AvgIpc) is 2.98. The Bertz CT molecular complexity index is 745. The van der Waals surface area contributed by atoms with Gasteiger partial charge >= 0.3 is 0 Å². The van der Waals surface area contributed by atoms with E-state index >= 15 is 0 Å². The largest absolute Gasteiger partial charge is 0.347 e. The highest BCUT2D eigenvalue weighted by Gasteiger charge is 2.30. The van der Waals surface area contributed by atoms with Gasteiger partial charge in [0, 0.05) is 4.88 Å². The molecular weight excluding hydrogens is 330 g/mol. The third-order valence-electron chi connectivity index (χ3n) is 3.42. The van der Waals surface area contributed by atoms with Gasteiger partial charge in [-0.15, -0.1) is 11.3 Å². The summed E-state index contributed by atoms with van der Waals surface area (Å²) in [4.78, 5) is 13.5. The van der Waals surface area contributed by atoms with Crippen LogP contribution in [-0.4, -0.2) is 20.1 Å². The molecular formula is C17H21NO3S2. The summed E-state index contributed by atoms with van der Waals surface area (Å²) < 4.78 is 24.6. The van der Waals surface area contributed by atoms with E-state index in [4.69, 9.17) is 0 Å². The van der Waals surface area contributed by atoms with Crippen molar-refractivity contribution in [2.75, 3.05) is 5.75 Å². The molecule has 1 aromatic carbocycles. The van der Waals surface area contributed by atoms with E-state index in [0.29, 0.717) is 0 Å². The first-order valence-corrected chi connectivity index (χ1v) is 9.84. The van der Waals surface area contributed by atoms with Crippen LogP contribution in [-0.2, 0) is 14.6 Å². The first-order chi connectivity index (χ1) is 10.7. The molecule has 0 aliphatic heterocycles. The molecule has 0 aliphatic rings. The van der Waals surface area contributed by atoms with Gasteiger partial charge in [0.1, 0.15) is 5.75 Å². The Labute approximate surface area is 141 Å². The lowest BCUT2D eigenvalue weighted by Crippen LogP contribution is -2.39. The zero-order valence-electron chi connectivity index (χ0n) is 13.4. The summed E-state index contributed by atoms with van der Waals surface area (Å²) in [6, 6.07) is 11.7. The predicted molar refractivity (Wildman–Crippen MR) is 93.2 cm³/mol. The van der Waals surface area contributed by atoms with Gasteiger partial charge in [0.05, 0.1) is 10.9 Å². The molecule has 2 rings (SSSR count). The molecule has 124 valence electrons. The Kier molecular flexibility index (Phi) is 5.26. The maximum absolute atomic E-state index is 12.3. The number of amides is 1. The van der Waals surface area contributed by atoms with Crippen LogP contribution in [0.5, 0.6) is 0 Å². The molecule has 1 aromatic heterocycles. The molecule has 1 atom stereocenters. The van der Waals surface area contributed by atoms with Gasteiger partial charge < -0.3 is 5.32 Å². The van der Waals surface area contributed by atoms with E-state index in [1.165, 1.54) is 12.1 Å². The number of carbonyl (C=O) groups is 1. The minimum atomic E-state index is -3.63. The van der Waals surface area contributed by atoms with E-state index in [9.17, 15) is 13.2 Å². The Hall–Kier alpha value is -1.66. The van der Waals surface area contributed by atoms with E-state index in [2.05, 4.69) is 5.32 Å². The highest BCUT2D eigenvalue weighted by Crippen LogP contribution is 2.35. The van der Waals surface area contributed by atoms with Crippen molar-refractivity contribution >= 4 is 27.1 Å². The van der Waals surface area contributed by atoms with Gasteiger partial charge in [-0.05, 0) is 29.0 Å². The molecule has 0 aliphatic carbocycles. The van der Waals surface area contributed by atoms with Crippen LogP contribution in [0.25, 0.3) is 0 Å². The van der Waals surface area contributed by atoms with Crippen LogP contribution in [0.3, 0.4) is 0 Å². The van der Waals surface area contributed by atoms with E-state index < -0.39 is 21.5 Å². The van der Waals surface area contributed by atoms with Gasteiger partial charge in [-0.2, -0.15) is 0 Å². The summed E-state index contributed by atoms with van der Waals surface area (Å²) >= 11 is 1.55. The van der Waals surface area contributed by atoms with Crippen LogP contribution in [0.15, 0.2) is 52.7 Å². The molecule has 4 nitrogen and oxygen atoms in total. The zero-order chi connectivity index (χ0) is 17.1. The standard InChI is InChI=1S/C17H21NO3S2/c1-17(2,3)16(14-10-7-11-22-14)18-15(19)12-23(20,21)13-8-5-4-6-9-13/h4-11,16H,12H2,1-3H3,(H,18,19)/t16-/m0/s1. The molecule has 2 aromatic rings. The number of sulfone groups is 1. The van der Waals surface area contributed by atoms with Gasteiger partial charge in [-0.3, -0.25) is 4.79 Å². The summed E-state index contributed by atoms with van der Waals surface area (Å²) in [6.07, 6.45) is 0. The van der Waals surface area contributed by atoms with Crippen molar-refractivity contribution in [2.24, 2.45) is 5.41 Å². The topological polar surface area (TPSA) is 63.2 Å². The van der Waals surface area contributed by atoms with Crippen molar-refractivity contribution < 1.29 is 13.2 Å². The molecule has 1 heterocycles. The minimum Gasteiger partial charge on any atom is -0.347 e. The maximum atomic E-state index is 12.3. The molecule has 0 unspecified atom stereocenters. The Morgan fingerprint density at radius 3 is 2.30 bits per heavy atom. The lowest BCUT2D eigenvalue weighted by atomic mass is 9.86. The second kappa shape index (κ2) is 6.84. The fourth-order valence-corrected chi connectivity index (χ4v) is 4.44. The van der Waals surface area contributed by atoms with Gasteiger partial charge in [0.15, 0.2) is 9.84 Å². The summed E-state index contributed by atoms with van der Waals surface area (Å²) in [7, 11) is -3.63. The van der Waals surface area contributed by atoms with Crippen molar-refractivity contribution in [3.63, 3.8) is 0 Å². The lowest BCUT2D eigenvalue weighted by Gasteiger charge is -2.30. The third-order valence-corrected chi connectivity index (χ3v) is 5.99. The third kappa shape index (κ3) is 4.65. The van der Waals surface area contributed by atoms with Crippen LogP contribution in [0.1, 0.15) is 31.7 Å². The molecule has 6 heteroatoms. The van der Waals surface area contributed by atoms with Gasteiger partial charge in [-0.1, -0.05) is 45.0 Å². The molecule has 0 saturated carbocycles. The number of benzene rings is 1. The van der Waals surface area contributed by atoms with Crippen LogP contribution < -0.4 is 5.32 Å². The molecule has 0 radical (unpaired) electrons. The Morgan fingerprint density at radius 1 is 1.13 bits per heavy atom. The minimum absolute atomic E-state index is 0.165. The van der Waals surface area contributed by atoms with Gasteiger partial charge in [0.2, 0.25) is 5.91 Å². The molecule has 0 spiro atoms. The zero-order valence-corrected chi connectivity index (χ0v) is 15.1. The normalized spacial score (nSPS) is 13.5. The van der Waals surface area contributed by atoms with Crippen molar-refractivity contribution in [2.45, 2.75) is 31.7 Å². The number of carbonyl (C=O) groups excluding carboxylic acids is 1. The maximum Gasteiger partial charge on any atom is 0.236 e. The van der Waals surface area contributed by atoms with Crippen LogP contribution >= 0.6 is 11.3 Å². The molecule has 0 fully saturated rings. The number of thiophene rings is 1. The summed E-state index contributed by atoms with van der Waals surface area (Å²) in [5, 5.41) is 4.82. The molecule has 1 N–H and O–H groups in total. The van der Waals surface area contributed by atoms with E-state index in [1.54, 1.807) is 29.5 Å². The summed E-state index contributed by atoms with van der Waals surface area (Å²) in [5.41, 5.74) is -0.211. The van der Waals surface area contributed by atoms with Crippen molar-refractivity contribution in [3.05, 3.63) is 52.7 Å². The van der Waals surface area contributed by atoms with Crippen molar-refractivity contribution in [1.29, 1.82) is 0 Å². The Morgan fingerprint density at radius 2 is 1.78 bits per heavy atom. The highest BCUT2D eigenvalue weighted by molar-refractivity contribution is 7.92. The van der Waals surface area contributed by atoms with E-state index in [1.807, 2.05) is 38.3 Å². The molecule has 0 saturated heterocycles. The molecule has 0 bridgehead atoms. The first kappa shape index (κ1) is 17.7. The second-order valence-electron chi connectivity index (χ2n) is 6.45. The van der Waals surface area contributed by atoms with E-state index in [0.717, 1.165) is 4.88 Å². The number of rotatable bonds is 5. The fourth-order valence-electron chi connectivity index (χ4n) is 2.26. The van der Waals surface area contributed by atoms with Crippen LogP contribution in [0.2, 0.25) is 0 Å². The van der Waals surface area contributed by atoms with Crippen molar-refractivity contribution in [3.8, 4) is 0 Å². The average molecular weight is 351 g/mol. The summed E-state index contributed by atoms with van der Waals surface area (Å²) in [5.74, 6) is -1.03. The molecule has 23 heavy (non-hydrogen) atoms. The number of hydrogen-bond donors (Lipinski definition) is 1. The first-order valence-electron chi connectivity index (χ1n) is 7.31. The van der Waals surface area contributed by atoms with Gasteiger partial charge in [0.25, 0.3) is 0 Å². The fraction of sp³-hybridized carbons (Fsp3) is 0.353. The van der Waals surface area contributed by atoms with E-state index in [-0.39, 0.29) is 16.4 Å². The second-order valence-corrected chi connectivity index (χ2v) is 9.42. The number of hydrogen-bond acceptors (Lipinski definition) is 4. The monoisotopic (exact) mass is 351 g/mol. The summed E-state index contributed by atoms with van der Waals surface area (Å²) in [6.45, 7) is 6.05. The Balaban J connectivity index is 2.14. The highest BCUT2D eigenvalue weighted by atomic mass is 32.2. The van der Waals surface area contributed by atoms with Crippen LogP contribution in [0, 0.1) is 5.41 Å². The lowest BCUT2D eigenvalue weighted by molar-refractivity contribution is -0.120. The van der Waals surface area contributed by atoms with Gasteiger partial charge in [-0.25, -0.2) is 8.42 Å².